The largest absolute Gasteiger partial charge is 0.361 e. The van der Waals surface area contributed by atoms with E-state index in [0.717, 1.165) is 27.7 Å². The summed E-state index contributed by atoms with van der Waals surface area (Å²) in [7, 11) is 0. The van der Waals surface area contributed by atoms with Crippen molar-refractivity contribution in [1.29, 1.82) is 0 Å². The van der Waals surface area contributed by atoms with Gasteiger partial charge in [-0.25, -0.2) is 5.43 Å². The second-order valence-corrected chi connectivity index (χ2v) is 6.43. The van der Waals surface area contributed by atoms with E-state index in [0.29, 0.717) is 0 Å². The topological polar surface area (TPSA) is 86.3 Å². The number of para-hydroxylation sites is 1. The number of hydrazone groups is 1. The second-order valence-electron chi connectivity index (χ2n) is 6.43. The molecule has 27 heavy (non-hydrogen) atoms. The Morgan fingerprint density at radius 2 is 1.81 bits per heavy atom. The minimum absolute atomic E-state index is 0.0713. The zero-order valence-corrected chi connectivity index (χ0v) is 15.4. The van der Waals surface area contributed by atoms with E-state index in [4.69, 9.17) is 0 Å². The van der Waals surface area contributed by atoms with Gasteiger partial charge in [-0.3, -0.25) is 9.59 Å². The molecule has 0 atom stereocenters. The van der Waals surface area contributed by atoms with Crippen molar-refractivity contribution in [3.8, 4) is 0 Å². The summed E-state index contributed by atoms with van der Waals surface area (Å²) in [6, 6.07) is 13.6. The molecule has 3 N–H and O–H groups in total. The van der Waals surface area contributed by atoms with Crippen molar-refractivity contribution in [3.63, 3.8) is 0 Å². The Hall–Kier alpha value is -3.41. The Morgan fingerprint density at radius 3 is 2.63 bits per heavy atom. The first-order valence-corrected chi connectivity index (χ1v) is 8.78. The second kappa shape index (κ2) is 8.31. The van der Waals surface area contributed by atoms with Gasteiger partial charge in [-0.15, -0.1) is 0 Å². The van der Waals surface area contributed by atoms with E-state index in [9.17, 15) is 9.59 Å². The van der Waals surface area contributed by atoms with E-state index >= 15 is 0 Å². The van der Waals surface area contributed by atoms with Gasteiger partial charge in [-0.2, -0.15) is 5.10 Å². The van der Waals surface area contributed by atoms with Gasteiger partial charge in [0.25, 0.3) is 0 Å². The third-order valence-corrected chi connectivity index (χ3v) is 4.38. The van der Waals surface area contributed by atoms with E-state index in [1.807, 2.05) is 62.5 Å². The van der Waals surface area contributed by atoms with E-state index in [2.05, 4.69) is 20.8 Å². The summed E-state index contributed by atoms with van der Waals surface area (Å²) in [5.41, 5.74) is 7.37. The summed E-state index contributed by atoms with van der Waals surface area (Å²) in [4.78, 5) is 27.0. The Bertz CT molecular complexity index is 1000. The SMILES string of the molecule is Cc1ccc(NC(=O)CCC(=O)N/N=C/c2c[nH]c3ccccc23)cc1C. The van der Waals surface area contributed by atoms with Gasteiger partial charge >= 0.3 is 0 Å². The van der Waals surface area contributed by atoms with Crippen LogP contribution in [0.2, 0.25) is 0 Å². The number of aromatic amines is 1. The molecule has 0 aliphatic heterocycles. The van der Waals surface area contributed by atoms with Crippen LogP contribution in [0, 0.1) is 13.8 Å². The molecule has 3 aromatic rings. The molecule has 1 aromatic heterocycles. The fourth-order valence-corrected chi connectivity index (χ4v) is 2.70. The molecule has 0 radical (unpaired) electrons. The lowest BCUT2D eigenvalue weighted by Crippen LogP contribution is -2.20. The lowest BCUT2D eigenvalue weighted by molar-refractivity contribution is -0.124. The first-order chi connectivity index (χ1) is 13.0. The highest BCUT2D eigenvalue weighted by Gasteiger charge is 2.07. The molecule has 1 heterocycles. The van der Waals surface area contributed by atoms with E-state index in [1.165, 1.54) is 5.56 Å². The van der Waals surface area contributed by atoms with Crippen LogP contribution in [0.3, 0.4) is 0 Å². The molecule has 0 fully saturated rings. The molecule has 0 aliphatic carbocycles. The fourth-order valence-electron chi connectivity index (χ4n) is 2.70. The predicted molar refractivity (Wildman–Crippen MR) is 108 cm³/mol. The normalized spacial score (nSPS) is 11.0. The van der Waals surface area contributed by atoms with Crippen molar-refractivity contribution in [2.45, 2.75) is 26.7 Å². The highest BCUT2D eigenvalue weighted by atomic mass is 16.2. The Balaban J connectivity index is 1.46. The standard InChI is InChI=1S/C21H22N4O2/c1-14-7-8-17(11-15(14)2)24-20(26)9-10-21(27)25-23-13-16-12-22-19-6-4-3-5-18(16)19/h3-8,11-13,22H,9-10H2,1-2H3,(H,24,26)(H,25,27)/b23-13+. The first kappa shape index (κ1) is 18.4. The van der Waals surface area contributed by atoms with Gasteiger partial charge in [0.2, 0.25) is 11.8 Å². The van der Waals surface area contributed by atoms with E-state index in [-0.39, 0.29) is 24.7 Å². The molecule has 0 bridgehead atoms. The minimum Gasteiger partial charge on any atom is -0.361 e. The molecule has 0 saturated carbocycles. The molecule has 3 rings (SSSR count). The number of carbonyl (C=O) groups is 2. The Labute approximate surface area is 157 Å². The summed E-state index contributed by atoms with van der Waals surface area (Å²) >= 11 is 0. The monoisotopic (exact) mass is 362 g/mol. The number of hydrogen-bond acceptors (Lipinski definition) is 3. The van der Waals surface area contributed by atoms with Gasteiger partial charge < -0.3 is 10.3 Å². The summed E-state index contributed by atoms with van der Waals surface area (Å²) in [6.07, 6.45) is 3.59. The van der Waals surface area contributed by atoms with Gasteiger partial charge in [0.1, 0.15) is 0 Å². The number of anilines is 1. The molecule has 0 aliphatic rings. The van der Waals surface area contributed by atoms with Crippen LogP contribution in [-0.4, -0.2) is 23.0 Å². The smallest absolute Gasteiger partial charge is 0.240 e. The molecule has 0 unspecified atom stereocenters. The number of benzene rings is 2. The van der Waals surface area contributed by atoms with Crippen LogP contribution in [0.25, 0.3) is 10.9 Å². The van der Waals surface area contributed by atoms with Crippen molar-refractivity contribution in [2.24, 2.45) is 5.10 Å². The number of amides is 2. The lowest BCUT2D eigenvalue weighted by Gasteiger charge is -2.07. The average molecular weight is 362 g/mol. The van der Waals surface area contributed by atoms with Crippen LogP contribution in [-0.2, 0) is 9.59 Å². The number of nitrogens with one attached hydrogen (secondary N) is 3. The molecule has 2 aromatic carbocycles. The zero-order chi connectivity index (χ0) is 19.2. The summed E-state index contributed by atoms with van der Waals surface area (Å²) in [6.45, 7) is 4.01. The maximum absolute atomic E-state index is 12.0. The van der Waals surface area contributed by atoms with Crippen LogP contribution >= 0.6 is 0 Å². The van der Waals surface area contributed by atoms with Crippen LogP contribution in [0.5, 0.6) is 0 Å². The summed E-state index contributed by atoms with van der Waals surface area (Å²) in [5.74, 6) is -0.504. The van der Waals surface area contributed by atoms with Crippen molar-refractivity contribution >= 4 is 34.6 Å². The molecule has 138 valence electrons. The predicted octanol–water partition coefficient (Wildman–Crippen LogP) is 3.65. The Kier molecular flexibility index (Phi) is 5.66. The highest BCUT2D eigenvalue weighted by molar-refractivity contribution is 5.99. The molecule has 0 spiro atoms. The zero-order valence-electron chi connectivity index (χ0n) is 15.4. The highest BCUT2D eigenvalue weighted by Crippen LogP contribution is 2.16. The minimum atomic E-state index is -0.304. The molecule has 2 amide bonds. The number of nitrogens with zero attached hydrogens (tertiary/aromatic N) is 1. The lowest BCUT2D eigenvalue weighted by atomic mass is 10.1. The molecule has 6 nitrogen and oxygen atoms in total. The van der Waals surface area contributed by atoms with E-state index in [1.54, 1.807) is 6.21 Å². The first-order valence-electron chi connectivity index (χ1n) is 8.78. The van der Waals surface area contributed by atoms with Gasteiger partial charge in [-0.05, 0) is 43.2 Å². The molecule has 0 saturated heterocycles. The van der Waals surface area contributed by atoms with Gasteiger partial charge in [0.15, 0.2) is 0 Å². The van der Waals surface area contributed by atoms with Crippen molar-refractivity contribution in [1.82, 2.24) is 10.4 Å². The summed E-state index contributed by atoms with van der Waals surface area (Å²) in [5, 5.41) is 7.80. The average Bonchev–Trinajstić information content (AvgIpc) is 3.06. The molecular formula is C21H22N4O2. The number of hydrogen-bond donors (Lipinski definition) is 3. The number of aromatic nitrogens is 1. The van der Waals surface area contributed by atoms with Crippen LogP contribution in [0.15, 0.2) is 53.8 Å². The number of carbonyl (C=O) groups excluding carboxylic acids is 2. The van der Waals surface area contributed by atoms with Gasteiger partial charge in [0, 0.05) is 41.2 Å². The number of rotatable bonds is 6. The van der Waals surface area contributed by atoms with E-state index < -0.39 is 0 Å². The van der Waals surface area contributed by atoms with Crippen LogP contribution < -0.4 is 10.7 Å². The number of fused-ring (bicyclic) bond motifs is 1. The Morgan fingerprint density at radius 1 is 1.04 bits per heavy atom. The van der Waals surface area contributed by atoms with Crippen molar-refractivity contribution in [3.05, 3.63) is 65.4 Å². The third kappa shape index (κ3) is 4.82. The molecule has 6 heteroatoms. The van der Waals surface area contributed by atoms with Crippen LogP contribution in [0.4, 0.5) is 5.69 Å². The van der Waals surface area contributed by atoms with Gasteiger partial charge in [-0.1, -0.05) is 24.3 Å². The van der Waals surface area contributed by atoms with Gasteiger partial charge in [0.05, 0.1) is 6.21 Å². The summed E-state index contributed by atoms with van der Waals surface area (Å²) < 4.78 is 0. The maximum atomic E-state index is 12.0. The maximum Gasteiger partial charge on any atom is 0.240 e. The number of H-pyrrole nitrogens is 1. The number of aryl methyl sites for hydroxylation is 2. The quantitative estimate of drug-likeness (QED) is 0.462. The fraction of sp³-hybridized carbons (Fsp3) is 0.190. The van der Waals surface area contributed by atoms with Crippen LogP contribution in [0.1, 0.15) is 29.5 Å². The van der Waals surface area contributed by atoms with Crippen molar-refractivity contribution in [2.75, 3.05) is 5.32 Å². The third-order valence-electron chi connectivity index (χ3n) is 4.38. The van der Waals surface area contributed by atoms with Crippen molar-refractivity contribution < 1.29 is 9.59 Å². The molecular weight excluding hydrogens is 340 g/mol.